The second-order valence-electron chi connectivity index (χ2n) is 8.49. The molecule has 2 saturated carbocycles. The van der Waals surface area contributed by atoms with Crippen molar-refractivity contribution in [2.24, 2.45) is 0 Å². The Balaban J connectivity index is 0.000000220. The first-order valence-corrected chi connectivity index (χ1v) is 10.8. The number of hydrogen-bond acceptors (Lipinski definition) is 2. The van der Waals surface area contributed by atoms with Crippen LogP contribution in [0.5, 0.6) is 0 Å². The minimum atomic E-state index is 0. The maximum Gasteiger partial charge on any atom is 0.0410 e. The number of benzene rings is 2. The van der Waals surface area contributed by atoms with E-state index in [9.17, 15) is 0 Å². The van der Waals surface area contributed by atoms with Crippen LogP contribution in [0.4, 0.5) is 0 Å². The van der Waals surface area contributed by atoms with E-state index in [0.29, 0.717) is 12.1 Å². The molecule has 0 spiro atoms. The predicted molar refractivity (Wildman–Crippen MR) is 131 cm³/mol. The van der Waals surface area contributed by atoms with Gasteiger partial charge in [0.2, 0.25) is 0 Å². The van der Waals surface area contributed by atoms with E-state index in [1.165, 1.54) is 28.9 Å². The van der Waals surface area contributed by atoms with E-state index >= 15 is 0 Å². The van der Waals surface area contributed by atoms with Crippen molar-refractivity contribution in [2.45, 2.75) is 19.0 Å². The Hall–Kier alpha value is -1.12. The minimum Gasteiger partial charge on any atom is -0.302 e. The fourth-order valence-corrected chi connectivity index (χ4v) is 4.18. The van der Waals surface area contributed by atoms with Crippen LogP contribution in [-0.2, 0) is 17.1 Å². The third-order valence-electron chi connectivity index (χ3n) is 5.52. The summed E-state index contributed by atoms with van der Waals surface area (Å²) in [5.41, 5.74) is 2.69. The molecule has 0 N–H and O–H groups in total. The molecule has 0 bridgehead atoms. The van der Waals surface area contributed by atoms with Crippen LogP contribution >= 0.6 is 0 Å². The summed E-state index contributed by atoms with van der Waals surface area (Å²) >= 11 is 0. The van der Waals surface area contributed by atoms with Gasteiger partial charge in [-0.3, -0.25) is 0 Å². The van der Waals surface area contributed by atoms with E-state index in [1.807, 2.05) is 0 Å². The van der Waals surface area contributed by atoms with Crippen LogP contribution in [0.3, 0.4) is 0 Å². The Morgan fingerprint density at radius 1 is 0.562 bits per heavy atom. The zero-order valence-electron chi connectivity index (χ0n) is 19.7. The summed E-state index contributed by atoms with van der Waals surface area (Å²) < 4.78 is 0. The Bertz CT molecular complexity index is 740. The first kappa shape index (κ1) is 27.1. The first-order valence-electron chi connectivity index (χ1n) is 10.8. The van der Waals surface area contributed by atoms with Crippen LogP contribution in [0.2, 0.25) is 0 Å². The smallest absolute Gasteiger partial charge is 0.0410 e. The van der Waals surface area contributed by atoms with E-state index < -0.39 is 0 Å². The van der Waals surface area contributed by atoms with Gasteiger partial charge in [-0.15, -0.1) is 0 Å². The third-order valence-corrected chi connectivity index (χ3v) is 5.52. The third kappa shape index (κ3) is 7.45. The van der Waals surface area contributed by atoms with Crippen LogP contribution in [0, 0.1) is 62.7 Å². The molecule has 0 unspecified atom stereocenters. The fraction of sp³-hybridized carbons (Fsp3) is 0.241. The minimum absolute atomic E-state index is 0. The van der Waals surface area contributed by atoms with Crippen molar-refractivity contribution in [3.63, 3.8) is 0 Å². The topological polar surface area (TPSA) is 6.48 Å². The van der Waals surface area contributed by atoms with Crippen molar-refractivity contribution in [1.29, 1.82) is 0 Å². The van der Waals surface area contributed by atoms with E-state index in [4.69, 9.17) is 0 Å². The molecule has 3 heteroatoms. The van der Waals surface area contributed by atoms with Crippen LogP contribution < -0.4 is 0 Å². The van der Waals surface area contributed by atoms with Gasteiger partial charge >= 0.3 is 0 Å². The Kier molecular flexibility index (Phi) is 11.5. The molecular weight excluding hydrogens is 432 g/mol. The van der Waals surface area contributed by atoms with Gasteiger partial charge in [-0.05, 0) is 90.2 Å². The summed E-state index contributed by atoms with van der Waals surface area (Å²) in [7, 11) is 8.48. The van der Waals surface area contributed by atoms with Crippen LogP contribution in [0.1, 0.15) is 30.1 Å². The molecule has 4 rings (SSSR count). The van der Waals surface area contributed by atoms with Crippen molar-refractivity contribution < 1.29 is 17.1 Å². The largest absolute Gasteiger partial charge is 0.302 e. The van der Waals surface area contributed by atoms with E-state index in [1.54, 1.807) is 0 Å². The van der Waals surface area contributed by atoms with Gasteiger partial charge in [0.15, 0.2) is 0 Å². The summed E-state index contributed by atoms with van der Waals surface area (Å²) in [6, 6.07) is 22.0. The molecule has 10 radical (unpaired) electrons. The van der Waals surface area contributed by atoms with Crippen molar-refractivity contribution in [3.05, 3.63) is 134 Å². The van der Waals surface area contributed by atoms with Crippen LogP contribution in [-0.4, -0.2) is 38.0 Å². The molecule has 0 heterocycles. The molecule has 0 aliphatic heterocycles. The van der Waals surface area contributed by atoms with Gasteiger partial charge < -0.3 is 9.80 Å². The second kappa shape index (κ2) is 13.6. The van der Waals surface area contributed by atoms with Gasteiger partial charge in [-0.25, -0.2) is 0 Å². The van der Waals surface area contributed by atoms with Crippen molar-refractivity contribution >= 4 is 0 Å². The molecule has 2 aromatic rings. The summed E-state index contributed by atoms with van der Waals surface area (Å²) in [6.07, 6.45) is 15.2. The van der Waals surface area contributed by atoms with Crippen molar-refractivity contribution in [1.82, 2.24) is 9.80 Å². The number of hydrogen-bond donors (Lipinski definition) is 0. The van der Waals surface area contributed by atoms with Gasteiger partial charge in [0.1, 0.15) is 0 Å². The SMILES string of the molecule is CN(C)[C@@H]([C]1[CH][CH][CH][CH]1)c1ccccc1.C[C]1[CH][CH][C]([C@@H](c2ccccc2)N(C)C)[CH]1.[Fe]. The molecule has 0 aromatic heterocycles. The summed E-state index contributed by atoms with van der Waals surface area (Å²) in [5, 5.41) is 0. The van der Waals surface area contributed by atoms with Crippen molar-refractivity contribution in [3.8, 4) is 0 Å². The maximum absolute atomic E-state index is 2.26. The molecule has 2 aliphatic carbocycles. The van der Waals surface area contributed by atoms with Gasteiger partial charge in [-0.1, -0.05) is 67.6 Å². The summed E-state index contributed by atoms with van der Waals surface area (Å²) in [4.78, 5) is 4.49. The predicted octanol–water partition coefficient (Wildman–Crippen LogP) is 5.78. The van der Waals surface area contributed by atoms with Gasteiger partial charge in [-0.2, -0.15) is 0 Å². The standard InChI is InChI=1S/C15H18N.C14H16N.Fe/c1-12-9-10-14(11-12)15(16(2)3)13-7-5-4-6-8-13;1-15(2)14(13-10-6-7-11-13)12-8-4-3-5-9-12;/h4-11,15H,1-3H3;3-11,14H,1-2H3;/t15-;14-;/m11./s1. The molecule has 2 aliphatic rings. The van der Waals surface area contributed by atoms with Crippen molar-refractivity contribution in [2.75, 3.05) is 28.2 Å². The Labute approximate surface area is 208 Å². The monoisotopic (exact) mass is 466 g/mol. The average molecular weight is 466 g/mol. The van der Waals surface area contributed by atoms with Gasteiger partial charge in [0.25, 0.3) is 0 Å². The Morgan fingerprint density at radius 2 is 1.00 bits per heavy atom. The zero-order chi connectivity index (χ0) is 22.2. The molecule has 0 saturated heterocycles. The molecule has 2 atom stereocenters. The normalized spacial score (nSPS) is 19.5. The van der Waals surface area contributed by atoms with Crippen LogP contribution in [0.25, 0.3) is 0 Å². The average Bonchev–Trinajstić information content (AvgIpc) is 3.42. The van der Waals surface area contributed by atoms with Crippen LogP contribution in [0.15, 0.2) is 60.7 Å². The molecule has 32 heavy (non-hydrogen) atoms. The quantitative estimate of drug-likeness (QED) is 0.499. The molecule has 168 valence electrons. The Morgan fingerprint density at radius 3 is 1.38 bits per heavy atom. The first-order chi connectivity index (χ1) is 15.0. The van der Waals surface area contributed by atoms with E-state index in [0.717, 1.165) is 0 Å². The fourth-order valence-electron chi connectivity index (χ4n) is 4.18. The molecular formula is C29H34FeN2. The number of nitrogens with zero attached hydrogens (tertiary/aromatic N) is 2. The molecule has 2 nitrogen and oxygen atoms in total. The molecule has 2 fully saturated rings. The van der Waals surface area contributed by atoms with E-state index in [2.05, 4.69) is 151 Å². The summed E-state index contributed by atoms with van der Waals surface area (Å²) in [5.74, 6) is 4.05. The summed E-state index contributed by atoms with van der Waals surface area (Å²) in [6.45, 7) is 2.14. The maximum atomic E-state index is 2.26. The number of rotatable bonds is 6. The second-order valence-corrected chi connectivity index (χ2v) is 8.49. The van der Waals surface area contributed by atoms with Gasteiger partial charge in [0, 0.05) is 41.0 Å². The van der Waals surface area contributed by atoms with E-state index in [-0.39, 0.29) is 17.1 Å². The molecule has 2 aromatic carbocycles. The zero-order valence-corrected chi connectivity index (χ0v) is 20.8. The molecule has 0 amide bonds. The van der Waals surface area contributed by atoms with Gasteiger partial charge in [0.05, 0.1) is 0 Å².